The van der Waals surface area contributed by atoms with Gasteiger partial charge in [-0.3, -0.25) is 14.5 Å². The maximum Gasteiger partial charge on any atom is 0.305 e. The second kappa shape index (κ2) is 52.2. The fourth-order valence-electron chi connectivity index (χ4n) is 9.27. The van der Waals surface area contributed by atoms with Crippen LogP contribution in [0.25, 0.3) is 0 Å². The minimum Gasteiger partial charge on any atom is -0.465 e. The van der Waals surface area contributed by atoms with Gasteiger partial charge in [-0.1, -0.05) is 208 Å². The fraction of sp³-hybridized carbons (Fsp3) is 0.965. The first-order valence-corrected chi connectivity index (χ1v) is 28.9. The fourth-order valence-corrected chi connectivity index (χ4v) is 9.27. The first-order chi connectivity index (χ1) is 31.9. The van der Waals surface area contributed by atoms with Crippen LogP contribution in [0.5, 0.6) is 0 Å². The average molecular weight is 924 g/mol. The van der Waals surface area contributed by atoms with Crippen molar-refractivity contribution in [1.29, 1.82) is 0 Å². The third-order valence-electron chi connectivity index (χ3n) is 13.6. The van der Waals surface area contributed by atoms with E-state index >= 15 is 0 Å². The van der Waals surface area contributed by atoms with E-state index in [9.17, 15) is 9.59 Å². The van der Waals surface area contributed by atoms with Crippen molar-refractivity contribution >= 4 is 11.9 Å². The summed E-state index contributed by atoms with van der Waals surface area (Å²) in [6.07, 6.45) is 45.5. The van der Waals surface area contributed by atoms with Crippen LogP contribution in [0.1, 0.15) is 279 Å². The Bertz CT molecular complexity index is 950. The van der Waals surface area contributed by atoms with Gasteiger partial charge in [0.05, 0.1) is 39.6 Å². The van der Waals surface area contributed by atoms with E-state index in [-0.39, 0.29) is 11.9 Å². The van der Waals surface area contributed by atoms with E-state index in [4.69, 9.17) is 24.7 Å². The monoisotopic (exact) mass is 923 g/mol. The van der Waals surface area contributed by atoms with Gasteiger partial charge in [0.1, 0.15) is 0 Å². The molecule has 0 aromatic rings. The molecule has 8 nitrogen and oxygen atoms in total. The molecule has 388 valence electrons. The normalized spacial score (nSPS) is 13.1. The van der Waals surface area contributed by atoms with Gasteiger partial charge in [-0.15, -0.1) is 0 Å². The quantitative estimate of drug-likeness (QED) is 0.0476. The predicted molar refractivity (Wildman–Crippen MR) is 279 cm³/mol. The van der Waals surface area contributed by atoms with Gasteiger partial charge < -0.3 is 24.7 Å². The molecule has 0 aliphatic carbocycles. The van der Waals surface area contributed by atoms with Crippen molar-refractivity contribution in [2.45, 2.75) is 285 Å². The van der Waals surface area contributed by atoms with Gasteiger partial charge >= 0.3 is 11.9 Å². The molecule has 0 rings (SSSR count). The van der Waals surface area contributed by atoms with E-state index in [1.807, 2.05) is 0 Å². The SMILES string of the molecule is CCCCCCCCCN(CCOCCOCCN)C(CCCCCCCCC(=O)OCC(CCCC)CCCCCC)CCCCCCCC(=O)OCC(CCCC)CCCCCC. The number of esters is 2. The lowest BCUT2D eigenvalue weighted by Gasteiger charge is -2.32. The van der Waals surface area contributed by atoms with Crippen LogP contribution in [0.4, 0.5) is 0 Å². The highest BCUT2D eigenvalue weighted by atomic mass is 16.5. The number of carbonyl (C=O) groups is 2. The predicted octanol–water partition coefficient (Wildman–Crippen LogP) is 15.9. The van der Waals surface area contributed by atoms with Gasteiger partial charge in [0.2, 0.25) is 0 Å². The minimum absolute atomic E-state index is 0.00597. The summed E-state index contributed by atoms with van der Waals surface area (Å²) in [4.78, 5) is 28.0. The van der Waals surface area contributed by atoms with Gasteiger partial charge in [-0.25, -0.2) is 0 Å². The molecule has 0 aliphatic heterocycles. The van der Waals surface area contributed by atoms with Gasteiger partial charge in [-0.05, 0) is 76.2 Å². The number of rotatable bonds is 54. The van der Waals surface area contributed by atoms with E-state index in [1.54, 1.807) is 0 Å². The zero-order valence-corrected chi connectivity index (χ0v) is 44.4. The Morgan fingerprint density at radius 3 is 1.18 bits per heavy atom. The molecule has 0 aliphatic rings. The second-order valence-electron chi connectivity index (χ2n) is 19.9. The Balaban J connectivity index is 5.01. The summed E-state index contributed by atoms with van der Waals surface area (Å²) in [6.45, 7) is 17.8. The molecule has 0 aromatic heterocycles. The molecule has 2 N–H and O–H groups in total. The van der Waals surface area contributed by atoms with Crippen LogP contribution in [0, 0.1) is 11.8 Å². The molecule has 3 atom stereocenters. The molecule has 8 heteroatoms. The number of hydrogen-bond acceptors (Lipinski definition) is 8. The lowest BCUT2D eigenvalue weighted by atomic mass is 9.96. The molecule has 0 heterocycles. The van der Waals surface area contributed by atoms with E-state index in [2.05, 4.69) is 39.5 Å². The molecule has 0 spiro atoms. The van der Waals surface area contributed by atoms with Crippen LogP contribution < -0.4 is 5.73 Å². The number of nitrogens with two attached hydrogens (primary N) is 1. The lowest BCUT2D eigenvalue weighted by Crippen LogP contribution is -2.39. The summed E-state index contributed by atoms with van der Waals surface area (Å²) in [5, 5.41) is 0. The standard InChI is InChI=1S/C57H114N2O6/c1-6-11-16-19-22-28-35-45-59(46-48-63-50-49-62-47-44-58)55(41-32-25-23-27-34-43-57(61)65-52-54(37-15-10-5)39-30-18-13-8-3)40-31-24-20-21-26-33-42-56(60)64-51-53(36-14-9-4)38-29-17-12-7-2/h53-55H,6-52,58H2,1-5H3. The summed E-state index contributed by atoms with van der Waals surface area (Å²) in [6, 6.07) is 0.576. The Labute approximate surface area is 405 Å². The van der Waals surface area contributed by atoms with Crippen molar-refractivity contribution in [2.75, 3.05) is 59.3 Å². The Hall–Kier alpha value is -1.22. The highest BCUT2D eigenvalue weighted by Crippen LogP contribution is 2.23. The topological polar surface area (TPSA) is 100 Å². The average Bonchev–Trinajstić information content (AvgIpc) is 3.31. The van der Waals surface area contributed by atoms with Crippen molar-refractivity contribution in [2.24, 2.45) is 17.6 Å². The molecule has 65 heavy (non-hydrogen) atoms. The van der Waals surface area contributed by atoms with Gasteiger partial charge in [0.15, 0.2) is 0 Å². The minimum atomic E-state index is 0.00597. The first-order valence-electron chi connectivity index (χ1n) is 28.9. The van der Waals surface area contributed by atoms with Crippen molar-refractivity contribution in [1.82, 2.24) is 4.90 Å². The van der Waals surface area contributed by atoms with E-state index in [0.29, 0.717) is 70.3 Å². The molecular formula is C57H114N2O6. The van der Waals surface area contributed by atoms with Crippen LogP contribution in [-0.4, -0.2) is 82.2 Å². The molecule has 0 bridgehead atoms. The Morgan fingerprint density at radius 1 is 0.385 bits per heavy atom. The zero-order valence-electron chi connectivity index (χ0n) is 44.4. The van der Waals surface area contributed by atoms with E-state index in [0.717, 1.165) is 45.4 Å². The Morgan fingerprint density at radius 2 is 0.738 bits per heavy atom. The van der Waals surface area contributed by atoms with Crippen molar-refractivity contribution in [3.63, 3.8) is 0 Å². The summed E-state index contributed by atoms with van der Waals surface area (Å²) >= 11 is 0. The van der Waals surface area contributed by atoms with Crippen molar-refractivity contribution < 1.29 is 28.5 Å². The van der Waals surface area contributed by atoms with Crippen molar-refractivity contribution in [3.05, 3.63) is 0 Å². The molecule has 0 aromatic carbocycles. The number of unbranched alkanes of at least 4 members (excludes halogenated alkanes) is 23. The second-order valence-corrected chi connectivity index (χ2v) is 19.9. The largest absolute Gasteiger partial charge is 0.465 e. The maximum absolute atomic E-state index is 12.7. The number of nitrogens with zero attached hydrogens (tertiary/aromatic N) is 1. The van der Waals surface area contributed by atoms with Gasteiger partial charge in [-0.2, -0.15) is 0 Å². The molecule has 0 saturated heterocycles. The Kier molecular flexibility index (Phi) is 51.2. The third kappa shape index (κ3) is 45.0. The van der Waals surface area contributed by atoms with Crippen LogP contribution in [-0.2, 0) is 28.5 Å². The summed E-state index contributed by atoms with van der Waals surface area (Å²) in [5.41, 5.74) is 5.60. The van der Waals surface area contributed by atoms with Crippen molar-refractivity contribution in [3.8, 4) is 0 Å². The van der Waals surface area contributed by atoms with Crippen LogP contribution in [0.3, 0.4) is 0 Å². The molecule has 0 radical (unpaired) electrons. The molecule has 0 fully saturated rings. The summed E-state index contributed by atoms with van der Waals surface area (Å²) in [5.74, 6) is 1.07. The molecule has 0 saturated carbocycles. The maximum atomic E-state index is 12.7. The molecule has 0 amide bonds. The summed E-state index contributed by atoms with van der Waals surface area (Å²) in [7, 11) is 0. The highest BCUT2D eigenvalue weighted by Gasteiger charge is 2.19. The molecule has 3 unspecified atom stereocenters. The van der Waals surface area contributed by atoms with Crippen LogP contribution >= 0.6 is 0 Å². The van der Waals surface area contributed by atoms with Crippen LogP contribution in [0.2, 0.25) is 0 Å². The lowest BCUT2D eigenvalue weighted by molar-refractivity contribution is -0.146. The van der Waals surface area contributed by atoms with Gasteiger partial charge in [0.25, 0.3) is 0 Å². The first kappa shape index (κ1) is 63.8. The third-order valence-corrected chi connectivity index (χ3v) is 13.6. The molecular weight excluding hydrogens is 809 g/mol. The van der Waals surface area contributed by atoms with Gasteiger partial charge in [0, 0.05) is 32.0 Å². The van der Waals surface area contributed by atoms with E-state index < -0.39 is 0 Å². The van der Waals surface area contributed by atoms with Crippen LogP contribution in [0.15, 0.2) is 0 Å². The number of hydrogen-bond donors (Lipinski definition) is 1. The number of carbonyl (C=O) groups excluding carboxylic acids is 2. The zero-order chi connectivity index (χ0) is 47.5. The summed E-state index contributed by atoms with van der Waals surface area (Å²) < 4.78 is 23.3. The van der Waals surface area contributed by atoms with E-state index in [1.165, 1.54) is 205 Å². The highest BCUT2D eigenvalue weighted by molar-refractivity contribution is 5.69. The smallest absolute Gasteiger partial charge is 0.305 e. The number of ether oxygens (including phenoxy) is 4.